The maximum absolute atomic E-state index is 13.7. The molecule has 3 aromatic rings. The van der Waals surface area contributed by atoms with E-state index in [2.05, 4.69) is 26.1 Å². The van der Waals surface area contributed by atoms with Gasteiger partial charge in [0, 0.05) is 5.69 Å². The first-order valence-corrected chi connectivity index (χ1v) is 12.1. The summed E-state index contributed by atoms with van der Waals surface area (Å²) in [6.45, 7) is 10.9. The molecule has 0 saturated carbocycles. The van der Waals surface area contributed by atoms with Crippen LogP contribution in [0.3, 0.4) is 0 Å². The SMILES string of the molecule is CCCOc1ccc(C2=C(Nc3ccc(C(C)C)cc3)C(=O)N(c3ccc(C)cc3C)C2=O)cc1. The van der Waals surface area contributed by atoms with E-state index in [1.165, 1.54) is 10.5 Å². The molecule has 0 spiro atoms. The Bertz CT molecular complexity index is 1270. The Kier molecular flexibility index (Phi) is 7.06. The van der Waals surface area contributed by atoms with Gasteiger partial charge in [0.1, 0.15) is 11.4 Å². The lowest BCUT2D eigenvalue weighted by molar-refractivity contribution is -0.120. The number of anilines is 2. The number of hydrogen-bond donors (Lipinski definition) is 1. The molecule has 0 radical (unpaired) electrons. The zero-order valence-electron chi connectivity index (χ0n) is 21.0. The van der Waals surface area contributed by atoms with Crippen molar-refractivity contribution in [2.75, 3.05) is 16.8 Å². The minimum atomic E-state index is -0.365. The van der Waals surface area contributed by atoms with Crippen LogP contribution in [0.1, 0.15) is 55.4 Å². The molecule has 35 heavy (non-hydrogen) atoms. The highest BCUT2D eigenvalue weighted by molar-refractivity contribution is 6.46. The average molecular weight is 469 g/mol. The molecule has 0 unspecified atom stereocenters. The zero-order chi connectivity index (χ0) is 25.1. The fourth-order valence-electron chi connectivity index (χ4n) is 4.22. The molecule has 5 heteroatoms. The van der Waals surface area contributed by atoms with Crippen molar-refractivity contribution in [3.63, 3.8) is 0 Å². The molecule has 2 amide bonds. The van der Waals surface area contributed by atoms with Gasteiger partial charge in [-0.1, -0.05) is 62.7 Å². The maximum atomic E-state index is 13.7. The van der Waals surface area contributed by atoms with Gasteiger partial charge < -0.3 is 10.1 Å². The van der Waals surface area contributed by atoms with Crippen LogP contribution in [0.25, 0.3) is 5.57 Å². The summed E-state index contributed by atoms with van der Waals surface area (Å²) in [5.41, 5.74) is 5.80. The Hall–Kier alpha value is -3.86. The molecule has 5 nitrogen and oxygen atoms in total. The Morgan fingerprint density at radius 2 is 1.57 bits per heavy atom. The molecule has 180 valence electrons. The third-order valence-corrected chi connectivity index (χ3v) is 6.14. The zero-order valence-corrected chi connectivity index (χ0v) is 21.0. The number of aryl methyl sites for hydroxylation is 2. The van der Waals surface area contributed by atoms with E-state index in [1.807, 2.05) is 80.6 Å². The minimum absolute atomic E-state index is 0.273. The molecular formula is C30H32N2O3. The number of hydrogen-bond acceptors (Lipinski definition) is 4. The second-order valence-corrected chi connectivity index (χ2v) is 9.26. The number of imide groups is 1. The number of nitrogens with one attached hydrogen (secondary N) is 1. The first-order valence-electron chi connectivity index (χ1n) is 12.1. The molecule has 0 aliphatic carbocycles. The Morgan fingerprint density at radius 1 is 0.886 bits per heavy atom. The summed E-state index contributed by atoms with van der Waals surface area (Å²) >= 11 is 0. The molecule has 0 bridgehead atoms. The summed E-state index contributed by atoms with van der Waals surface area (Å²) < 4.78 is 5.70. The van der Waals surface area contributed by atoms with Crippen LogP contribution in [0.15, 0.2) is 72.4 Å². The van der Waals surface area contributed by atoms with Crippen molar-refractivity contribution >= 4 is 28.8 Å². The summed E-state index contributed by atoms with van der Waals surface area (Å²) in [4.78, 5) is 28.7. The topological polar surface area (TPSA) is 58.6 Å². The van der Waals surface area contributed by atoms with Gasteiger partial charge in [-0.3, -0.25) is 9.59 Å². The van der Waals surface area contributed by atoms with E-state index < -0.39 is 0 Å². The van der Waals surface area contributed by atoms with Crippen molar-refractivity contribution in [3.8, 4) is 5.75 Å². The predicted molar refractivity (Wildman–Crippen MR) is 142 cm³/mol. The van der Waals surface area contributed by atoms with Crippen molar-refractivity contribution in [1.82, 2.24) is 0 Å². The van der Waals surface area contributed by atoms with E-state index in [-0.39, 0.29) is 17.5 Å². The number of rotatable bonds is 8. The fraction of sp³-hybridized carbons (Fsp3) is 0.267. The third-order valence-electron chi connectivity index (χ3n) is 6.14. The summed E-state index contributed by atoms with van der Waals surface area (Å²) in [5.74, 6) is 0.432. The molecule has 1 heterocycles. The van der Waals surface area contributed by atoms with Gasteiger partial charge in [-0.25, -0.2) is 4.90 Å². The van der Waals surface area contributed by atoms with Crippen molar-refractivity contribution in [3.05, 3.63) is 94.7 Å². The van der Waals surface area contributed by atoms with Crippen LogP contribution in [-0.4, -0.2) is 18.4 Å². The van der Waals surface area contributed by atoms with Gasteiger partial charge in [-0.15, -0.1) is 0 Å². The Balaban J connectivity index is 1.76. The summed E-state index contributed by atoms with van der Waals surface area (Å²) in [5, 5.41) is 3.25. The second-order valence-electron chi connectivity index (χ2n) is 9.26. The Morgan fingerprint density at radius 3 is 2.17 bits per heavy atom. The van der Waals surface area contributed by atoms with Crippen LogP contribution >= 0.6 is 0 Å². The van der Waals surface area contributed by atoms with Crippen LogP contribution in [0.5, 0.6) is 5.75 Å². The molecule has 0 fully saturated rings. The molecule has 3 aromatic carbocycles. The smallest absolute Gasteiger partial charge is 0.282 e. The lowest BCUT2D eigenvalue weighted by atomic mass is 10.0. The van der Waals surface area contributed by atoms with E-state index in [0.29, 0.717) is 29.3 Å². The van der Waals surface area contributed by atoms with Gasteiger partial charge in [0.25, 0.3) is 11.8 Å². The van der Waals surface area contributed by atoms with Gasteiger partial charge in [0.05, 0.1) is 17.9 Å². The van der Waals surface area contributed by atoms with E-state index in [4.69, 9.17) is 4.74 Å². The number of carbonyl (C=O) groups is 2. The molecule has 0 aromatic heterocycles. The van der Waals surface area contributed by atoms with Gasteiger partial charge in [0.15, 0.2) is 0 Å². The van der Waals surface area contributed by atoms with Crippen LogP contribution in [0, 0.1) is 13.8 Å². The first kappa shape index (κ1) is 24.3. The van der Waals surface area contributed by atoms with Gasteiger partial charge in [-0.2, -0.15) is 0 Å². The maximum Gasteiger partial charge on any atom is 0.282 e. The van der Waals surface area contributed by atoms with Crippen LogP contribution in [0.4, 0.5) is 11.4 Å². The van der Waals surface area contributed by atoms with E-state index >= 15 is 0 Å². The molecule has 0 saturated heterocycles. The van der Waals surface area contributed by atoms with E-state index in [9.17, 15) is 9.59 Å². The number of ether oxygens (including phenoxy) is 1. The average Bonchev–Trinajstić information content (AvgIpc) is 3.08. The van der Waals surface area contributed by atoms with Crippen molar-refractivity contribution in [1.29, 1.82) is 0 Å². The molecule has 1 N–H and O–H groups in total. The summed E-state index contributed by atoms with van der Waals surface area (Å²) in [6, 6.07) is 21.0. The lowest BCUT2D eigenvalue weighted by Gasteiger charge is -2.18. The standard InChI is InChI=1S/C30H32N2O3/c1-6-17-35-25-14-10-23(11-15-25)27-28(31-24-12-8-22(9-13-24)19(2)3)30(34)32(29(27)33)26-16-7-20(4)18-21(26)5/h7-16,18-19,31H,6,17H2,1-5H3. The van der Waals surface area contributed by atoms with Gasteiger partial charge in [0.2, 0.25) is 0 Å². The van der Waals surface area contributed by atoms with E-state index in [0.717, 1.165) is 29.0 Å². The number of benzene rings is 3. The summed E-state index contributed by atoms with van der Waals surface area (Å²) in [7, 11) is 0. The normalized spacial score (nSPS) is 13.7. The molecule has 4 rings (SSSR count). The first-order chi connectivity index (χ1) is 16.8. The van der Waals surface area contributed by atoms with Crippen molar-refractivity contribution < 1.29 is 14.3 Å². The number of carbonyl (C=O) groups excluding carboxylic acids is 2. The summed E-state index contributed by atoms with van der Waals surface area (Å²) in [6.07, 6.45) is 0.911. The monoisotopic (exact) mass is 468 g/mol. The molecule has 0 atom stereocenters. The third kappa shape index (κ3) is 4.99. The van der Waals surface area contributed by atoms with E-state index in [1.54, 1.807) is 0 Å². The largest absolute Gasteiger partial charge is 0.494 e. The molecule has 1 aliphatic heterocycles. The van der Waals surface area contributed by atoms with Crippen LogP contribution < -0.4 is 15.0 Å². The Labute approximate surface area is 207 Å². The quantitative estimate of drug-likeness (QED) is 0.378. The lowest BCUT2D eigenvalue weighted by Crippen LogP contribution is -2.33. The van der Waals surface area contributed by atoms with Crippen molar-refractivity contribution in [2.45, 2.75) is 47.0 Å². The highest BCUT2D eigenvalue weighted by atomic mass is 16.5. The number of amides is 2. The second kappa shape index (κ2) is 10.2. The minimum Gasteiger partial charge on any atom is -0.494 e. The number of nitrogens with zero attached hydrogens (tertiary/aromatic N) is 1. The van der Waals surface area contributed by atoms with Gasteiger partial charge >= 0.3 is 0 Å². The van der Waals surface area contributed by atoms with Gasteiger partial charge in [-0.05, 0) is 73.2 Å². The highest BCUT2D eigenvalue weighted by Gasteiger charge is 2.40. The fourth-order valence-corrected chi connectivity index (χ4v) is 4.22. The molecular weight excluding hydrogens is 436 g/mol. The van der Waals surface area contributed by atoms with Crippen LogP contribution in [-0.2, 0) is 9.59 Å². The highest BCUT2D eigenvalue weighted by Crippen LogP contribution is 2.36. The van der Waals surface area contributed by atoms with Crippen molar-refractivity contribution in [2.24, 2.45) is 0 Å². The predicted octanol–water partition coefficient (Wildman–Crippen LogP) is 6.61. The van der Waals surface area contributed by atoms with Crippen LogP contribution in [0.2, 0.25) is 0 Å². The molecule has 1 aliphatic rings.